The minimum absolute atomic E-state index is 0.508. The van der Waals surface area contributed by atoms with Crippen molar-refractivity contribution in [1.29, 1.82) is 0 Å². The highest BCUT2D eigenvalue weighted by molar-refractivity contribution is 7.89. The molecule has 1 aromatic heterocycles. The van der Waals surface area contributed by atoms with E-state index in [1.165, 1.54) is 0 Å². The minimum Gasteiger partial charge on any atom is -0.320 e. The number of hydrogen-bond donors (Lipinski definition) is 1. The molecule has 2 heterocycles. The summed E-state index contributed by atoms with van der Waals surface area (Å²) < 4.78 is 27.0. The molecule has 0 atom stereocenters. The quantitative estimate of drug-likeness (QED) is 0.907. The Morgan fingerprint density at radius 2 is 2.00 bits per heavy atom. The van der Waals surface area contributed by atoms with Crippen LogP contribution >= 0.6 is 11.3 Å². The van der Waals surface area contributed by atoms with Crippen molar-refractivity contribution in [3.05, 3.63) is 15.8 Å². The van der Waals surface area contributed by atoms with Crippen LogP contribution in [0.25, 0.3) is 0 Å². The molecule has 1 aliphatic rings. The second-order valence-corrected chi connectivity index (χ2v) is 8.88. The Morgan fingerprint density at radius 3 is 2.50 bits per heavy atom. The molecule has 0 aromatic carbocycles. The fourth-order valence-electron chi connectivity index (χ4n) is 2.79. The van der Waals surface area contributed by atoms with Gasteiger partial charge in [-0.15, -0.1) is 11.3 Å². The molecule has 1 aliphatic heterocycles. The molecule has 1 fully saturated rings. The molecule has 0 unspecified atom stereocenters. The number of hydrogen-bond acceptors (Lipinski definition) is 4. The van der Waals surface area contributed by atoms with Crippen molar-refractivity contribution in [1.82, 2.24) is 9.62 Å². The maximum atomic E-state index is 12.7. The van der Waals surface area contributed by atoms with Crippen LogP contribution < -0.4 is 5.32 Å². The van der Waals surface area contributed by atoms with Gasteiger partial charge in [0, 0.05) is 22.8 Å². The zero-order chi connectivity index (χ0) is 14.8. The van der Waals surface area contributed by atoms with Crippen LogP contribution in [-0.4, -0.2) is 39.4 Å². The summed E-state index contributed by atoms with van der Waals surface area (Å²) in [5.41, 5.74) is 0. The first kappa shape index (κ1) is 15.9. The van der Waals surface area contributed by atoms with Crippen molar-refractivity contribution in [2.24, 2.45) is 5.92 Å². The third-order valence-corrected chi connectivity index (χ3v) is 7.11. The molecule has 4 nitrogen and oxygen atoms in total. The van der Waals surface area contributed by atoms with Crippen LogP contribution in [0.1, 0.15) is 29.0 Å². The molecule has 0 bridgehead atoms. The molecule has 0 amide bonds. The average molecular weight is 316 g/mol. The molecular formula is C14H24N2O2S2. The SMILES string of the molecule is CNCCC1CCN(S(=O)(=O)c2cc(C)sc2C)CC1. The van der Waals surface area contributed by atoms with Crippen LogP contribution in [0.5, 0.6) is 0 Å². The summed E-state index contributed by atoms with van der Waals surface area (Å²) in [4.78, 5) is 2.47. The summed E-state index contributed by atoms with van der Waals surface area (Å²) in [7, 11) is -1.33. The van der Waals surface area contributed by atoms with Crippen LogP contribution in [0.2, 0.25) is 0 Å². The van der Waals surface area contributed by atoms with Crippen molar-refractivity contribution in [2.75, 3.05) is 26.7 Å². The van der Waals surface area contributed by atoms with Gasteiger partial charge in [-0.2, -0.15) is 4.31 Å². The van der Waals surface area contributed by atoms with Gasteiger partial charge in [-0.1, -0.05) is 0 Å². The molecule has 0 aliphatic carbocycles. The van der Waals surface area contributed by atoms with E-state index >= 15 is 0 Å². The van der Waals surface area contributed by atoms with Crippen LogP contribution in [0.15, 0.2) is 11.0 Å². The van der Waals surface area contributed by atoms with Crippen molar-refractivity contribution in [3.63, 3.8) is 0 Å². The molecular weight excluding hydrogens is 292 g/mol. The molecule has 6 heteroatoms. The maximum absolute atomic E-state index is 12.7. The molecule has 0 saturated carbocycles. The van der Waals surface area contributed by atoms with Gasteiger partial charge in [-0.25, -0.2) is 8.42 Å². The average Bonchev–Trinajstić information content (AvgIpc) is 2.76. The topological polar surface area (TPSA) is 49.4 Å². The fraction of sp³-hybridized carbons (Fsp3) is 0.714. The number of nitrogens with one attached hydrogen (secondary N) is 1. The number of nitrogens with zero attached hydrogens (tertiary/aromatic N) is 1. The van der Waals surface area contributed by atoms with E-state index in [2.05, 4.69) is 5.32 Å². The zero-order valence-electron chi connectivity index (χ0n) is 12.5. The van der Waals surface area contributed by atoms with E-state index in [1.807, 2.05) is 27.0 Å². The summed E-state index contributed by atoms with van der Waals surface area (Å²) in [6.07, 6.45) is 3.09. The van der Waals surface area contributed by atoms with Gasteiger partial charge in [0.2, 0.25) is 10.0 Å². The summed E-state index contributed by atoms with van der Waals surface area (Å²) in [6.45, 7) is 6.18. The lowest BCUT2D eigenvalue weighted by Crippen LogP contribution is -2.39. The second-order valence-electron chi connectivity index (χ2n) is 5.52. The first-order valence-corrected chi connectivity index (χ1v) is 9.42. The van der Waals surface area contributed by atoms with Crippen LogP contribution in [0, 0.1) is 19.8 Å². The normalized spacial score (nSPS) is 18.6. The van der Waals surface area contributed by atoms with Gasteiger partial charge in [0.15, 0.2) is 0 Å². The fourth-order valence-corrected chi connectivity index (χ4v) is 5.78. The van der Waals surface area contributed by atoms with E-state index in [1.54, 1.807) is 15.6 Å². The number of sulfonamides is 1. The van der Waals surface area contributed by atoms with E-state index in [0.717, 1.165) is 35.6 Å². The monoisotopic (exact) mass is 316 g/mol. The maximum Gasteiger partial charge on any atom is 0.244 e. The molecule has 1 saturated heterocycles. The smallest absolute Gasteiger partial charge is 0.244 e. The molecule has 20 heavy (non-hydrogen) atoms. The Labute approximate surface area is 126 Å². The minimum atomic E-state index is -3.29. The lowest BCUT2D eigenvalue weighted by atomic mass is 9.95. The third kappa shape index (κ3) is 3.42. The van der Waals surface area contributed by atoms with E-state index in [9.17, 15) is 8.42 Å². The number of rotatable bonds is 5. The van der Waals surface area contributed by atoms with Gasteiger partial charge in [0.05, 0.1) is 4.90 Å². The molecule has 1 aromatic rings. The van der Waals surface area contributed by atoms with Gasteiger partial charge >= 0.3 is 0 Å². The number of piperidine rings is 1. The van der Waals surface area contributed by atoms with E-state index < -0.39 is 10.0 Å². The van der Waals surface area contributed by atoms with Crippen LogP contribution in [-0.2, 0) is 10.0 Å². The van der Waals surface area contributed by atoms with Gasteiger partial charge in [-0.3, -0.25) is 0 Å². The molecule has 2 rings (SSSR count). The Morgan fingerprint density at radius 1 is 1.35 bits per heavy atom. The zero-order valence-corrected chi connectivity index (χ0v) is 14.1. The predicted octanol–water partition coefficient (Wildman–Crippen LogP) is 2.38. The third-order valence-electron chi connectivity index (χ3n) is 3.99. The predicted molar refractivity (Wildman–Crippen MR) is 83.8 cm³/mol. The molecule has 0 spiro atoms. The van der Waals surface area contributed by atoms with Crippen molar-refractivity contribution in [3.8, 4) is 0 Å². The summed E-state index contributed by atoms with van der Waals surface area (Å²) in [5.74, 6) is 0.652. The molecule has 0 radical (unpaired) electrons. The van der Waals surface area contributed by atoms with Gasteiger partial charge in [0.25, 0.3) is 0 Å². The van der Waals surface area contributed by atoms with Gasteiger partial charge in [-0.05, 0) is 58.7 Å². The summed E-state index contributed by atoms with van der Waals surface area (Å²) >= 11 is 1.56. The number of aryl methyl sites for hydroxylation is 2. The Bertz CT molecular complexity index is 544. The molecule has 1 N–H and O–H groups in total. The Balaban J connectivity index is 2.04. The van der Waals surface area contributed by atoms with E-state index in [0.29, 0.717) is 23.9 Å². The standard InChI is InChI=1S/C14H24N2O2S2/c1-11-10-14(12(2)19-11)20(17,18)16-8-5-13(6-9-16)4-7-15-3/h10,13,15H,4-9H2,1-3H3. The van der Waals surface area contributed by atoms with Crippen molar-refractivity contribution < 1.29 is 8.42 Å². The second kappa shape index (κ2) is 6.56. The highest BCUT2D eigenvalue weighted by Gasteiger charge is 2.30. The Hall–Kier alpha value is -0.430. The summed E-state index contributed by atoms with van der Waals surface area (Å²) in [6, 6.07) is 1.81. The van der Waals surface area contributed by atoms with Gasteiger partial charge < -0.3 is 5.32 Å². The lowest BCUT2D eigenvalue weighted by Gasteiger charge is -2.31. The summed E-state index contributed by atoms with van der Waals surface area (Å²) in [5, 5.41) is 3.16. The van der Waals surface area contributed by atoms with Crippen LogP contribution in [0.4, 0.5) is 0 Å². The van der Waals surface area contributed by atoms with Crippen molar-refractivity contribution >= 4 is 21.4 Å². The van der Waals surface area contributed by atoms with E-state index in [-0.39, 0.29) is 0 Å². The first-order valence-electron chi connectivity index (χ1n) is 7.17. The largest absolute Gasteiger partial charge is 0.320 e. The number of thiophene rings is 1. The van der Waals surface area contributed by atoms with Gasteiger partial charge in [0.1, 0.15) is 0 Å². The first-order chi connectivity index (χ1) is 9.45. The van der Waals surface area contributed by atoms with Crippen LogP contribution in [0.3, 0.4) is 0 Å². The Kier molecular flexibility index (Phi) is 5.23. The lowest BCUT2D eigenvalue weighted by molar-refractivity contribution is 0.263. The van der Waals surface area contributed by atoms with Crippen molar-refractivity contribution in [2.45, 2.75) is 38.0 Å². The molecule has 114 valence electrons. The van der Waals surface area contributed by atoms with E-state index in [4.69, 9.17) is 0 Å². The highest BCUT2D eigenvalue weighted by atomic mass is 32.2. The highest BCUT2D eigenvalue weighted by Crippen LogP contribution is 2.30.